The number of nitrogens with zero attached hydrogens (tertiary/aromatic N) is 2. The molecule has 4 atom stereocenters. The van der Waals surface area contributed by atoms with E-state index < -0.39 is 29.3 Å². The zero-order valence-corrected chi connectivity index (χ0v) is 22.6. The molecule has 2 aliphatic carbocycles. The lowest BCUT2D eigenvalue weighted by Crippen LogP contribution is -2.63. The van der Waals surface area contributed by atoms with Crippen molar-refractivity contribution < 1.29 is 14.4 Å². The second kappa shape index (κ2) is 7.76. The third-order valence-electron chi connectivity index (χ3n) is 9.36. The molecule has 5 nitrogen and oxygen atoms in total. The number of amides is 1. The lowest BCUT2D eigenvalue weighted by molar-refractivity contribution is -0.127. The highest BCUT2D eigenvalue weighted by Gasteiger charge is 2.74. The molecule has 190 valence electrons. The number of halogens is 1. The SMILES string of the molecule is CN1C(=O)C2(c3ccccc31)C1C(=O)c3ccccc3C1N(c1ccc(Br)cc1)C1c3ccccc3C(=O)C12. The van der Waals surface area contributed by atoms with Crippen LogP contribution in [-0.4, -0.2) is 24.5 Å². The molecule has 4 aromatic carbocycles. The zero-order chi connectivity index (χ0) is 26.6. The van der Waals surface area contributed by atoms with Crippen molar-refractivity contribution in [1.82, 2.24) is 0 Å². The lowest BCUT2D eigenvalue weighted by atomic mass is 9.55. The van der Waals surface area contributed by atoms with Crippen molar-refractivity contribution >= 4 is 44.8 Å². The molecule has 1 spiro atoms. The first-order chi connectivity index (χ1) is 19.0. The summed E-state index contributed by atoms with van der Waals surface area (Å²) >= 11 is 3.56. The van der Waals surface area contributed by atoms with Crippen LogP contribution in [-0.2, 0) is 10.2 Å². The first kappa shape index (κ1) is 22.9. The highest BCUT2D eigenvalue weighted by molar-refractivity contribution is 9.10. The molecule has 2 heterocycles. The van der Waals surface area contributed by atoms with Crippen LogP contribution in [0.3, 0.4) is 0 Å². The molecule has 4 aromatic rings. The molecule has 0 saturated carbocycles. The van der Waals surface area contributed by atoms with Gasteiger partial charge in [0.05, 0.1) is 23.9 Å². The molecular weight excluding hydrogens is 552 g/mol. The first-order valence-electron chi connectivity index (χ1n) is 13.1. The van der Waals surface area contributed by atoms with E-state index in [0.29, 0.717) is 11.1 Å². The van der Waals surface area contributed by atoms with Crippen LogP contribution in [0, 0.1) is 11.8 Å². The fourth-order valence-corrected chi connectivity index (χ4v) is 8.26. The Labute approximate surface area is 234 Å². The summed E-state index contributed by atoms with van der Waals surface area (Å²) in [5.74, 6) is -1.82. The summed E-state index contributed by atoms with van der Waals surface area (Å²) in [6.45, 7) is 0. The number of carbonyl (C=O) groups excluding carboxylic acids is 3. The standard InChI is InChI=1S/C33H23BrN2O3/c1-35-25-13-7-6-12-24(25)33(32(35)39)26-28(20-8-2-4-10-22(20)30(26)37)36(19-16-14-18(34)15-17-19)29-21-9-3-5-11-23(21)31(38)27(29)33/h2-17,26-29H,1H3. The number of hydrogen-bond acceptors (Lipinski definition) is 4. The molecule has 4 aliphatic rings. The average molecular weight is 575 g/mol. The third-order valence-corrected chi connectivity index (χ3v) is 9.89. The Morgan fingerprint density at radius 1 is 0.667 bits per heavy atom. The van der Waals surface area contributed by atoms with Crippen molar-refractivity contribution in [3.8, 4) is 0 Å². The number of Topliss-reactive ketones (excluding diaryl/α,β-unsaturated/α-hetero) is 2. The van der Waals surface area contributed by atoms with E-state index in [0.717, 1.165) is 32.5 Å². The van der Waals surface area contributed by atoms with Gasteiger partial charge in [-0.25, -0.2) is 0 Å². The van der Waals surface area contributed by atoms with E-state index >= 15 is 0 Å². The summed E-state index contributed by atoms with van der Waals surface area (Å²) in [6, 6.07) is 30.3. The zero-order valence-electron chi connectivity index (χ0n) is 21.0. The van der Waals surface area contributed by atoms with Crippen LogP contribution >= 0.6 is 15.9 Å². The van der Waals surface area contributed by atoms with Gasteiger partial charge in [0, 0.05) is 34.0 Å². The second-order valence-corrected chi connectivity index (χ2v) is 11.8. The monoisotopic (exact) mass is 574 g/mol. The van der Waals surface area contributed by atoms with E-state index in [1.54, 1.807) is 11.9 Å². The van der Waals surface area contributed by atoms with Crippen molar-refractivity contribution in [1.29, 1.82) is 0 Å². The van der Waals surface area contributed by atoms with Gasteiger partial charge in [0.25, 0.3) is 0 Å². The molecule has 4 unspecified atom stereocenters. The minimum atomic E-state index is -1.32. The van der Waals surface area contributed by atoms with E-state index in [2.05, 4.69) is 20.8 Å². The molecule has 0 radical (unpaired) electrons. The molecule has 0 aromatic heterocycles. The van der Waals surface area contributed by atoms with Crippen molar-refractivity contribution in [2.75, 3.05) is 16.8 Å². The maximum Gasteiger partial charge on any atom is 0.239 e. The Kier molecular flexibility index (Phi) is 4.56. The fourth-order valence-electron chi connectivity index (χ4n) is 7.99. The Balaban J connectivity index is 1.51. The van der Waals surface area contributed by atoms with Crippen molar-refractivity contribution in [2.45, 2.75) is 17.5 Å². The molecule has 0 bridgehead atoms. The first-order valence-corrected chi connectivity index (χ1v) is 13.9. The maximum atomic E-state index is 14.7. The average Bonchev–Trinajstić information content (AvgIpc) is 3.52. The molecule has 1 saturated heterocycles. The number of ketones is 2. The quantitative estimate of drug-likeness (QED) is 0.268. The number of hydrogen-bond donors (Lipinski definition) is 0. The fraction of sp³-hybridized carbons (Fsp3) is 0.182. The van der Waals surface area contributed by atoms with Crippen molar-refractivity contribution in [3.05, 3.63) is 129 Å². The van der Waals surface area contributed by atoms with Gasteiger partial charge in [-0.15, -0.1) is 0 Å². The number of rotatable bonds is 1. The number of anilines is 2. The van der Waals surface area contributed by atoms with Crippen LogP contribution in [0.15, 0.2) is 102 Å². The van der Waals surface area contributed by atoms with Gasteiger partial charge in [-0.2, -0.15) is 0 Å². The van der Waals surface area contributed by atoms with E-state index in [1.807, 2.05) is 97.1 Å². The van der Waals surface area contributed by atoms with E-state index in [1.165, 1.54) is 0 Å². The van der Waals surface area contributed by atoms with E-state index in [9.17, 15) is 14.4 Å². The Hall–Kier alpha value is -4.03. The predicted octanol–water partition coefficient (Wildman–Crippen LogP) is 6.29. The number of benzene rings is 4. The van der Waals surface area contributed by atoms with Gasteiger partial charge in [0.1, 0.15) is 5.41 Å². The summed E-state index contributed by atoms with van der Waals surface area (Å²) in [7, 11) is 1.76. The molecular formula is C33H23BrN2O3. The predicted molar refractivity (Wildman–Crippen MR) is 152 cm³/mol. The van der Waals surface area contributed by atoms with Crippen molar-refractivity contribution in [2.24, 2.45) is 11.8 Å². The molecule has 2 aliphatic heterocycles. The highest BCUT2D eigenvalue weighted by Crippen LogP contribution is 2.68. The van der Waals surface area contributed by atoms with Crippen molar-refractivity contribution in [3.63, 3.8) is 0 Å². The summed E-state index contributed by atoms with van der Waals surface area (Å²) in [5.41, 5.74) is 4.22. The Morgan fingerprint density at radius 2 is 1.18 bits per heavy atom. The van der Waals surface area contributed by atoms with Crippen LogP contribution < -0.4 is 9.80 Å². The molecule has 39 heavy (non-hydrogen) atoms. The molecule has 8 rings (SSSR count). The molecule has 0 N–H and O–H groups in total. The van der Waals surface area contributed by atoms with Crippen LogP contribution in [0.5, 0.6) is 0 Å². The van der Waals surface area contributed by atoms with Crippen LogP contribution in [0.1, 0.15) is 49.5 Å². The van der Waals surface area contributed by atoms with E-state index in [4.69, 9.17) is 0 Å². The minimum Gasteiger partial charge on any atom is -0.356 e. The summed E-state index contributed by atoms with van der Waals surface area (Å²) < 4.78 is 0.945. The van der Waals surface area contributed by atoms with Gasteiger partial charge in [-0.3, -0.25) is 14.4 Å². The Bertz CT molecular complexity index is 1670. The van der Waals surface area contributed by atoms with Gasteiger partial charge in [0.15, 0.2) is 11.6 Å². The maximum absolute atomic E-state index is 14.7. The summed E-state index contributed by atoms with van der Waals surface area (Å²) in [6.07, 6.45) is 0. The topological polar surface area (TPSA) is 57.7 Å². The van der Waals surface area contributed by atoms with E-state index in [-0.39, 0.29) is 17.5 Å². The van der Waals surface area contributed by atoms with Gasteiger partial charge in [-0.05, 0) is 47.0 Å². The van der Waals surface area contributed by atoms with Crippen LogP contribution in [0.4, 0.5) is 11.4 Å². The molecule has 6 heteroatoms. The van der Waals surface area contributed by atoms with Crippen LogP contribution in [0.2, 0.25) is 0 Å². The van der Waals surface area contributed by atoms with Gasteiger partial charge < -0.3 is 9.80 Å². The minimum absolute atomic E-state index is 0.0710. The summed E-state index contributed by atoms with van der Waals surface area (Å²) in [4.78, 5) is 47.7. The number of carbonyl (C=O) groups is 3. The van der Waals surface area contributed by atoms with Gasteiger partial charge in [-0.1, -0.05) is 82.7 Å². The lowest BCUT2D eigenvalue weighted by Gasteiger charge is -2.54. The largest absolute Gasteiger partial charge is 0.356 e. The smallest absolute Gasteiger partial charge is 0.239 e. The van der Waals surface area contributed by atoms with Crippen LogP contribution in [0.25, 0.3) is 0 Å². The number of fused-ring (bicyclic) bond motifs is 10. The number of piperidine rings is 1. The van der Waals surface area contributed by atoms with Gasteiger partial charge >= 0.3 is 0 Å². The third kappa shape index (κ3) is 2.63. The highest BCUT2D eigenvalue weighted by atomic mass is 79.9. The normalized spacial score (nSPS) is 27.9. The Morgan fingerprint density at radius 3 is 1.77 bits per heavy atom. The summed E-state index contributed by atoms with van der Waals surface area (Å²) in [5, 5.41) is 0. The van der Waals surface area contributed by atoms with Gasteiger partial charge in [0.2, 0.25) is 5.91 Å². The molecule has 1 amide bonds. The molecule has 1 fully saturated rings. The second-order valence-electron chi connectivity index (χ2n) is 10.9. The number of likely N-dealkylation sites (N-methyl/N-ethyl adjacent to an activating group) is 1. The number of para-hydroxylation sites is 1.